The van der Waals surface area contributed by atoms with Gasteiger partial charge in [0.15, 0.2) is 0 Å². The molecule has 3 aromatic carbocycles. The Morgan fingerprint density at radius 2 is 1.94 bits per heavy atom. The van der Waals surface area contributed by atoms with E-state index in [0.717, 1.165) is 23.6 Å². The third-order valence-corrected chi connectivity index (χ3v) is 6.39. The third-order valence-electron chi connectivity index (χ3n) is 6.08. The average molecular weight is 513 g/mol. The van der Waals surface area contributed by atoms with Crippen LogP contribution in [0.15, 0.2) is 60.7 Å². The van der Waals surface area contributed by atoms with Gasteiger partial charge in [-0.1, -0.05) is 23.7 Å². The van der Waals surface area contributed by atoms with Crippen LogP contribution in [0.1, 0.15) is 29.8 Å². The molecule has 0 fully saturated rings. The van der Waals surface area contributed by atoms with E-state index in [-0.39, 0.29) is 34.5 Å². The Morgan fingerprint density at radius 1 is 1.19 bits per heavy atom. The lowest BCUT2D eigenvalue weighted by molar-refractivity contribution is -0.142. The van der Waals surface area contributed by atoms with Crippen molar-refractivity contribution in [2.75, 3.05) is 30.4 Å². The number of carboxylic acid groups (broad SMARTS) is 1. The Labute approximate surface area is 213 Å². The molecule has 0 saturated carbocycles. The van der Waals surface area contributed by atoms with E-state index >= 15 is 0 Å². The number of carbonyl (C=O) groups excluding carboxylic acids is 1. The van der Waals surface area contributed by atoms with Crippen LogP contribution < -0.4 is 19.7 Å². The van der Waals surface area contributed by atoms with Gasteiger partial charge < -0.3 is 24.8 Å². The van der Waals surface area contributed by atoms with Crippen LogP contribution in [0, 0.1) is 5.82 Å². The number of likely N-dealkylation sites (N-methyl/N-ethyl adjacent to an activating group) is 1. The van der Waals surface area contributed by atoms with Gasteiger partial charge in [0.1, 0.15) is 30.0 Å². The number of hydrogen-bond donors (Lipinski definition) is 2. The summed E-state index contributed by atoms with van der Waals surface area (Å²) in [4.78, 5) is 26.4. The molecule has 1 atom stereocenters. The van der Waals surface area contributed by atoms with E-state index in [2.05, 4.69) is 10.2 Å². The first-order valence-corrected chi connectivity index (χ1v) is 11.7. The molecule has 1 amide bonds. The predicted octanol–water partition coefficient (Wildman–Crippen LogP) is 5.37. The van der Waals surface area contributed by atoms with Gasteiger partial charge in [-0.15, -0.1) is 0 Å². The van der Waals surface area contributed by atoms with E-state index in [1.807, 2.05) is 31.3 Å². The first kappa shape index (κ1) is 25.3. The van der Waals surface area contributed by atoms with Crippen LogP contribution in [0.2, 0.25) is 5.02 Å². The van der Waals surface area contributed by atoms with Crippen LogP contribution in [0.3, 0.4) is 0 Å². The van der Waals surface area contributed by atoms with Crippen molar-refractivity contribution in [3.05, 3.63) is 82.6 Å². The highest BCUT2D eigenvalue weighted by atomic mass is 35.5. The van der Waals surface area contributed by atoms with Gasteiger partial charge in [-0.3, -0.25) is 9.59 Å². The molecule has 0 radical (unpaired) electrons. The first-order chi connectivity index (χ1) is 17.0. The number of para-hydroxylation sites is 2. The number of nitrogens with zero attached hydrogens (tertiary/aromatic N) is 1. The molecule has 0 saturated heterocycles. The summed E-state index contributed by atoms with van der Waals surface area (Å²) in [7, 11) is 1.99. The molecule has 3 aromatic rings. The molecule has 1 aliphatic rings. The van der Waals surface area contributed by atoms with E-state index in [4.69, 9.17) is 21.1 Å². The Balaban J connectivity index is 1.42. The maximum Gasteiger partial charge on any atom is 0.313 e. The molecule has 4 rings (SSSR count). The summed E-state index contributed by atoms with van der Waals surface area (Å²) in [5, 5.41) is 12.2. The second kappa shape index (κ2) is 10.1. The largest absolute Gasteiger partial charge is 0.490 e. The second-order valence-corrected chi connectivity index (χ2v) is 9.56. The summed E-state index contributed by atoms with van der Waals surface area (Å²) < 4.78 is 26.0. The third kappa shape index (κ3) is 5.39. The van der Waals surface area contributed by atoms with Crippen LogP contribution in [0.25, 0.3) is 0 Å². The number of fused-ring (bicyclic) bond motifs is 1. The van der Waals surface area contributed by atoms with E-state index < -0.39 is 23.1 Å². The smallest absolute Gasteiger partial charge is 0.313 e. The number of hydrogen-bond acceptors (Lipinski definition) is 5. The molecule has 1 aliphatic heterocycles. The van der Waals surface area contributed by atoms with Crippen molar-refractivity contribution in [2.45, 2.75) is 25.4 Å². The fourth-order valence-electron chi connectivity index (χ4n) is 3.88. The van der Waals surface area contributed by atoms with E-state index in [1.54, 1.807) is 6.07 Å². The average Bonchev–Trinajstić information content (AvgIpc) is 2.82. The van der Waals surface area contributed by atoms with Gasteiger partial charge in [-0.25, -0.2) is 4.39 Å². The van der Waals surface area contributed by atoms with Crippen LogP contribution >= 0.6 is 11.6 Å². The summed E-state index contributed by atoms with van der Waals surface area (Å²) in [6, 6.07) is 16.1. The molecule has 0 unspecified atom stereocenters. The fraction of sp³-hybridized carbons (Fsp3) is 0.259. The highest BCUT2D eigenvalue weighted by Gasteiger charge is 2.30. The van der Waals surface area contributed by atoms with E-state index in [0.29, 0.717) is 12.3 Å². The summed E-state index contributed by atoms with van der Waals surface area (Å²) in [5.41, 5.74) is 0.189. The summed E-state index contributed by atoms with van der Waals surface area (Å²) >= 11 is 6.35. The summed E-state index contributed by atoms with van der Waals surface area (Å²) in [6.07, 6.45) is -0.191. The van der Waals surface area contributed by atoms with Gasteiger partial charge in [0, 0.05) is 12.7 Å². The molecule has 0 aliphatic carbocycles. The molecule has 1 heterocycles. The molecule has 0 bridgehead atoms. The number of benzene rings is 3. The number of carboxylic acids is 1. The summed E-state index contributed by atoms with van der Waals surface area (Å²) in [6.45, 7) is 3.85. The van der Waals surface area contributed by atoms with Crippen LogP contribution in [-0.2, 0) is 10.2 Å². The Morgan fingerprint density at radius 3 is 2.67 bits per heavy atom. The van der Waals surface area contributed by atoms with Gasteiger partial charge in [0.25, 0.3) is 5.91 Å². The minimum absolute atomic E-state index is 0.125. The van der Waals surface area contributed by atoms with Gasteiger partial charge in [-0.2, -0.15) is 0 Å². The highest BCUT2D eigenvalue weighted by molar-refractivity contribution is 6.34. The molecular weight excluding hydrogens is 487 g/mol. The molecule has 0 spiro atoms. The van der Waals surface area contributed by atoms with Crippen LogP contribution in [-0.4, -0.2) is 43.3 Å². The zero-order valence-corrected chi connectivity index (χ0v) is 20.8. The number of rotatable bonds is 7. The standard InChI is InChI=1S/C27H26ClFN2O5/c1-27(2,26(33)34)16-10-17(29)12-18(11-16)30-25(32)21-9-8-19(13-22(21)28)35-15-20-14-31(3)23-6-4-5-7-24(23)36-20/h4-13,20H,14-15H2,1-3H3,(H,30,32)(H,33,34)/t20-/m0/s1. The van der Waals surface area contributed by atoms with Crippen molar-refractivity contribution in [3.8, 4) is 11.5 Å². The van der Waals surface area contributed by atoms with Crippen molar-refractivity contribution in [2.24, 2.45) is 0 Å². The van der Waals surface area contributed by atoms with Gasteiger partial charge >= 0.3 is 5.97 Å². The normalized spacial score (nSPS) is 15.0. The molecule has 188 valence electrons. The van der Waals surface area contributed by atoms with E-state index in [1.165, 1.54) is 32.0 Å². The number of nitrogens with one attached hydrogen (secondary N) is 1. The van der Waals surface area contributed by atoms with Crippen molar-refractivity contribution in [1.82, 2.24) is 0 Å². The van der Waals surface area contributed by atoms with Gasteiger partial charge in [-0.05, 0) is 67.9 Å². The lowest BCUT2D eigenvalue weighted by Gasteiger charge is -2.33. The number of amides is 1. The first-order valence-electron chi connectivity index (χ1n) is 11.3. The van der Waals surface area contributed by atoms with Crippen LogP contribution in [0.4, 0.5) is 15.8 Å². The highest BCUT2D eigenvalue weighted by Crippen LogP contribution is 2.32. The maximum atomic E-state index is 14.2. The lowest BCUT2D eigenvalue weighted by Crippen LogP contribution is -2.41. The summed E-state index contributed by atoms with van der Waals surface area (Å²) in [5.74, 6) is -1.08. The van der Waals surface area contributed by atoms with Crippen molar-refractivity contribution in [3.63, 3.8) is 0 Å². The zero-order valence-electron chi connectivity index (χ0n) is 20.0. The second-order valence-electron chi connectivity index (χ2n) is 9.15. The van der Waals surface area contributed by atoms with Gasteiger partial charge in [0.2, 0.25) is 0 Å². The molecular formula is C27H26ClFN2O5. The van der Waals surface area contributed by atoms with Crippen molar-refractivity contribution < 1.29 is 28.6 Å². The molecule has 9 heteroatoms. The SMILES string of the molecule is CN1C[C@@H](COc2ccc(C(=O)Nc3cc(F)cc(C(C)(C)C(=O)O)c3)c(Cl)c2)Oc2ccccc21. The Hall–Kier alpha value is -3.78. The Kier molecular flexibility index (Phi) is 7.08. The molecule has 7 nitrogen and oxygen atoms in total. The number of aliphatic carboxylic acids is 1. The monoisotopic (exact) mass is 512 g/mol. The zero-order chi connectivity index (χ0) is 26.0. The Bertz CT molecular complexity index is 1310. The van der Waals surface area contributed by atoms with Gasteiger partial charge in [0.05, 0.1) is 28.2 Å². The molecule has 36 heavy (non-hydrogen) atoms. The van der Waals surface area contributed by atoms with E-state index in [9.17, 15) is 19.1 Å². The number of halogens is 2. The number of anilines is 2. The fourth-order valence-corrected chi connectivity index (χ4v) is 4.14. The van der Waals surface area contributed by atoms with Crippen molar-refractivity contribution >= 4 is 34.9 Å². The predicted molar refractivity (Wildman–Crippen MR) is 136 cm³/mol. The maximum absolute atomic E-state index is 14.2. The van der Waals surface area contributed by atoms with Crippen molar-refractivity contribution in [1.29, 1.82) is 0 Å². The minimum Gasteiger partial charge on any atom is -0.490 e. The van der Waals surface area contributed by atoms with Crippen LogP contribution in [0.5, 0.6) is 11.5 Å². The minimum atomic E-state index is -1.34. The lowest BCUT2D eigenvalue weighted by atomic mass is 9.84. The molecule has 2 N–H and O–H groups in total. The topological polar surface area (TPSA) is 88.1 Å². The number of ether oxygens (including phenoxy) is 2. The molecule has 0 aromatic heterocycles. The number of carbonyl (C=O) groups is 2. The quantitative estimate of drug-likeness (QED) is 0.442.